The van der Waals surface area contributed by atoms with Crippen LogP contribution in [0, 0.1) is 10.6 Å². The lowest BCUT2D eigenvalue weighted by Gasteiger charge is -1.97. The number of aromatic amines is 1. The highest BCUT2D eigenvalue weighted by Crippen LogP contribution is 2.17. The lowest BCUT2D eigenvalue weighted by molar-refractivity contribution is 0.823. The molecule has 0 aromatic carbocycles. The zero-order valence-corrected chi connectivity index (χ0v) is 8.56. The smallest absolute Gasteiger partial charge is 0.104 e. The van der Waals surface area contributed by atoms with Crippen LogP contribution in [-0.4, -0.2) is 9.97 Å². The van der Waals surface area contributed by atoms with Crippen LogP contribution >= 0.6 is 22.6 Å². The Balaban J connectivity index is 3.03. The molecule has 2 nitrogen and oxygen atoms in total. The van der Waals surface area contributed by atoms with Gasteiger partial charge in [-0.1, -0.05) is 13.8 Å². The average molecular weight is 250 g/mol. The van der Waals surface area contributed by atoms with Crippen LogP contribution in [0.3, 0.4) is 0 Å². The van der Waals surface area contributed by atoms with Crippen molar-refractivity contribution in [2.24, 2.45) is 0 Å². The van der Waals surface area contributed by atoms with Crippen LogP contribution in [0.1, 0.15) is 31.3 Å². The second-order valence-electron chi connectivity index (χ2n) is 2.68. The van der Waals surface area contributed by atoms with E-state index in [-0.39, 0.29) is 0 Å². The van der Waals surface area contributed by atoms with E-state index < -0.39 is 0 Å². The number of H-pyrrole nitrogens is 1. The van der Waals surface area contributed by atoms with Crippen molar-refractivity contribution < 1.29 is 0 Å². The number of hydrogen-bond donors (Lipinski definition) is 1. The highest BCUT2D eigenvalue weighted by Gasteiger charge is 2.07. The molecule has 0 aliphatic carbocycles. The summed E-state index contributed by atoms with van der Waals surface area (Å²) in [7, 11) is 0. The van der Waals surface area contributed by atoms with E-state index in [1.54, 1.807) is 0 Å². The predicted molar refractivity (Wildman–Crippen MR) is 50.1 cm³/mol. The van der Waals surface area contributed by atoms with Crippen LogP contribution in [0.4, 0.5) is 0 Å². The largest absolute Gasteiger partial charge is 0.337 e. The summed E-state index contributed by atoms with van der Waals surface area (Å²) in [4.78, 5) is 7.51. The number of halogens is 1. The van der Waals surface area contributed by atoms with E-state index in [9.17, 15) is 0 Å². The molecule has 3 heteroatoms. The number of aryl methyl sites for hydroxylation is 1. The minimum absolute atomic E-state index is 0.525. The third-order valence-corrected chi connectivity index (χ3v) is 2.17. The Hall–Kier alpha value is -0.0600. The molecule has 1 heterocycles. The molecule has 10 heavy (non-hydrogen) atoms. The zero-order valence-electron chi connectivity index (χ0n) is 6.40. The van der Waals surface area contributed by atoms with Gasteiger partial charge in [0, 0.05) is 0 Å². The summed E-state index contributed by atoms with van der Waals surface area (Å²) >= 11 is 2.28. The van der Waals surface area contributed by atoms with Crippen LogP contribution in [0.2, 0.25) is 0 Å². The first kappa shape index (κ1) is 8.04. The van der Waals surface area contributed by atoms with E-state index in [1.807, 2.05) is 6.92 Å². The SMILES string of the molecule is Cc1nc(C(C)C)c(I)[nH]1. The summed E-state index contributed by atoms with van der Waals surface area (Å²) in [6, 6.07) is 0. The first-order valence-corrected chi connectivity index (χ1v) is 4.41. The van der Waals surface area contributed by atoms with Gasteiger partial charge in [0.05, 0.1) is 5.69 Å². The summed E-state index contributed by atoms with van der Waals surface area (Å²) in [5.74, 6) is 1.53. The normalized spacial score (nSPS) is 10.9. The van der Waals surface area contributed by atoms with Crippen LogP contribution in [0.5, 0.6) is 0 Å². The Morgan fingerprint density at radius 3 is 2.30 bits per heavy atom. The van der Waals surface area contributed by atoms with Gasteiger partial charge in [-0.2, -0.15) is 0 Å². The average Bonchev–Trinajstić information content (AvgIpc) is 2.10. The summed E-state index contributed by atoms with van der Waals surface area (Å²) in [5, 5.41) is 0. The molecular formula is C7H11IN2. The van der Waals surface area contributed by atoms with Crippen molar-refractivity contribution in [2.45, 2.75) is 26.7 Å². The molecule has 0 fully saturated rings. The minimum atomic E-state index is 0.525. The number of aromatic nitrogens is 2. The summed E-state index contributed by atoms with van der Waals surface area (Å²) in [5.41, 5.74) is 1.18. The quantitative estimate of drug-likeness (QED) is 0.762. The third-order valence-electron chi connectivity index (χ3n) is 1.35. The van der Waals surface area contributed by atoms with E-state index in [1.165, 1.54) is 9.39 Å². The molecule has 0 atom stereocenters. The minimum Gasteiger partial charge on any atom is -0.337 e. The number of rotatable bonds is 1. The first-order valence-electron chi connectivity index (χ1n) is 3.33. The van der Waals surface area contributed by atoms with Crippen molar-refractivity contribution in [3.8, 4) is 0 Å². The van der Waals surface area contributed by atoms with Crippen LogP contribution in [-0.2, 0) is 0 Å². The van der Waals surface area contributed by atoms with Crippen molar-refractivity contribution in [1.82, 2.24) is 9.97 Å². The van der Waals surface area contributed by atoms with Crippen LogP contribution < -0.4 is 0 Å². The Kier molecular flexibility index (Phi) is 2.33. The molecular weight excluding hydrogens is 239 g/mol. The van der Waals surface area contributed by atoms with E-state index in [4.69, 9.17) is 0 Å². The standard InChI is InChI=1S/C7H11IN2/c1-4(2)6-7(8)10-5(3)9-6/h4H,1-3H3,(H,9,10). The van der Waals surface area contributed by atoms with Crippen molar-refractivity contribution in [2.75, 3.05) is 0 Å². The van der Waals surface area contributed by atoms with Gasteiger partial charge in [-0.25, -0.2) is 4.98 Å². The zero-order chi connectivity index (χ0) is 7.72. The summed E-state index contributed by atoms with van der Waals surface area (Å²) < 4.78 is 1.17. The van der Waals surface area contributed by atoms with Gasteiger partial charge in [0.15, 0.2) is 0 Å². The van der Waals surface area contributed by atoms with Gasteiger partial charge in [0.2, 0.25) is 0 Å². The fourth-order valence-corrected chi connectivity index (χ4v) is 2.00. The summed E-state index contributed by atoms with van der Waals surface area (Å²) in [6.07, 6.45) is 0. The molecule has 1 aromatic heterocycles. The Morgan fingerprint density at radius 2 is 2.10 bits per heavy atom. The molecule has 0 unspecified atom stereocenters. The summed E-state index contributed by atoms with van der Waals surface area (Å²) in [6.45, 7) is 6.28. The highest BCUT2D eigenvalue weighted by molar-refractivity contribution is 14.1. The van der Waals surface area contributed by atoms with E-state index in [0.717, 1.165) is 5.82 Å². The number of imidazole rings is 1. The topological polar surface area (TPSA) is 28.7 Å². The highest BCUT2D eigenvalue weighted by atomic mass is 127. The second-order valence-corrected chi connectivity index (χ2v) is 3.75. The number of nitrogens with one attached hydrogen (secondary N) is 1. The molecule has 1 rings (SSSR count). The maximum Gasteiger partial charge on any atom is 0.104 e. The van der Waals surface area contributed by atoms with E-state index in [2.05, 4.69) is 46.4 Å². The van der Waals surface area contributed by atoms with Gasteiger partial charge < -0.3 is 4.98 Å². The monoisotopic (exact) mass is 250 g/mol. The first-order chi connectivity index (χ1) is 4.61. The lowest BCUT2D eigenvalue weighted by Crippen LogP contribution is -1.89. The van der Waals surface area contributed by atoms with E-state index in [0.29, 0.717) is 5.92 Å². The third kappa shape index (κ3) is 1.51. The molecule has 0 saturated heterocycles. The van der Waals surface area contributed by atoms with Crippen molar-refractivity contribution >= 4 is 22.6 Å². The Labute approximate surface area is 74.6 Å². The molecule has 1 aromatic rings. The Bertz CT molecular complexity index is 228. The fourth-order valence-electron chi connectivity index (χ4n) is 0.863. The Morgan fingerprint density at radius 1 is 1.50 bits per heavy atom. The van der Waals surface area contributed by atoms with E-state index >= 15 is 0 Å². The second kappa shape index (κ2) is 2.90. The molecule has 0 aliphatic rings. The van der Waals surface area contributed by atoms with Crippen molar-refractivity contribution in [1.29, 1.82) is 0 Å². The lowest BCUT2D eigenvalue weighted by atomic mass is 10.2. The maximum absolute atomic E-state index is 4.35. The molecule has 0 spiro atoms. The van der Waals surface area contributed by atoms with Gasteiger partial charge in [0.25, 0.3) is 0 Å². The predicted octanol–water partition coefficient (Wildman–Crippen LogP) is 2.45. The van der Waals surface area contributed by atoms with Gasteiger partial charge in [-0.15, -0.1) is 0 Å². The number of hydrogen-bond acceptors (Lipinski definition) is 1. The molecule has 56 valence electrons. The van der Waals surface area contributed by atoms with Gasteiger partial charge >= 0.3 is 0 Å². The maximum atomic E-state index is 4.35. The molecule has 0 amide bonds. The fraction of sp³-hybridized carbons (Fsp3) is 0.571. The molecule has 0 aliphatic heterocycles. The van der Waals surface area contributed by atoms with Crippen LogP contribution in [0.15, 0.2) is 0 Å². The van der Waals surface area contributed by atoms with Crippen molar-refractivity contribution in [3.63, 3.8) is 0 Å². The van der Waals surface area contributed by atoms with Crippen molar-refractivity contribution in [3.05, 3.63) is 15.2 Å². The molecule has 0 saturated carbocycles. The molecule has 1 N–H and O–H groups in total. The van der Waals surface area contributed by atoms with Gasteiger partial charge in [-0.05, 0) is 35.4 Å². The molecule has 0 radical (unpaired) electrons. The van der Waals surface area contributed by atoms with Gasteiger partial charge in [-0.3, -0.25) is 0 Å². The molecule has 0 bridgehead atoms. The van der Waals surface area contributed by atoms with Crippen LogP contribution in [0.25, 0.3) is 0 Å². The van der Waals surface area contributed by atoms with Gasteiger partial charge in [0.1, 0.15) is 9.53 Å². The number of nitrogens with zero attached hydrogens (tertiary/aromatic N) is 1.